The Kier molecular flexibility index (Phi) is 10.4. The van der Waals surface area contributed by atoms with Crippen molar-refractivity contribution in [1.29, 1.82) is 0 Å². The number of aromatic nitrogens is 1. The molecule has 0 amide bonds. The molecule has 13 rings (SSSR count). The molecule has 6 heteroatoms. The van der Waals surface area contributed by atoms with Crippen molar-refractivity contribution >= 4 is 85.5 Å². The second-order valence-corrected chi connectivity index (χ2v) is 27.7. The van der Waals surface area contributed by atoms with Crippen LogP contribution in [0.4, 0.5) is 34.1 Å². The maximum absolute atomic E-state index is 6.98. The van der Waals surface area contributed by atoms with Gasteiger partial charge in [-0.05, 0) is 176 Å². The molecule has 0 radical (unpaired) electrons. The molecule has 0 spiro atoms. The van der Waals surface area contributed by atoms with Crippen molar-refractivity contribution in [2.45, 2.75) is 147 Å². The summed E-state index contributed by atoms with van der Waals surface area (Å²) in [5.74, 6) is 1.82. The molecule has 0 saturated heterocycles. The highest BCUT2D eigenvalue weighted by Gasteiger charge is 2.46. The van der Waals surface area contributed by atoms with Gasteiger partial charge in [-0.3, -0.25) is 0 Å². The molecule has 4 heterocycles. The molecule has 376 valence electrons. The normalized spacial score (nSPS) is 16.0. The van der Waals surface area contributed by atoms with Gasteiger partial charge in [0.05, 0.1) is 9.79 Å². The van der Waals surface area contributed by atoms with Crippen molar-refractivity contribution in [3.8, 4) is 22.6 Å². The first kappa shape index (κ1) is 48.0. The Morgan fingerprint density at radius 2 is 1.13 bits per heavy atom. The third-order valence-corrected chi connectivity index (χ3v) is 18.6. The van der Waals surface area contributed by atoms with Gasteiger partial charge in [0, 0.05) is 61.5 Å². The zero-order valence-electron chi connectivity index (χ0n) is 46.5. The Hall–Kier alpha value is -6.63. The smallest absolute Gasteiger partial charge is 0.333 e. The Bertz CT molecular complexity index is 3800. The predicted molar refractivity (Wildman–Crippen MR) is 321 cm³/mol. The molecule has 0 N–H and O–H groups in total. The first-order valence-corrected chi connectivity index (χ1v) is 28.1. The first-order chi connectivity index (χ1) is 35.5. The number of hydrogen-bond donors (Lipinski definition) is 0. The summed E-state index contributed by atoms with van der Waals surface area (Å²) in [6, 6.07) is 56.5. The van der Waals surface area contributed by atoms with Gasteiger partial charge >= 0.3 is 6.85 Å². The van der Waals surface area contributed by atoms with Gasteiger partial charge in [0.2, 0.25) is 0 Å². The molecule has 0 atom stereocenters. The molecule has 3 aliphatic heterocycles. The molecular weight excluding hydrogens is 930 g/mol. The van der Waals surface area contributed by atoms with Crippen LogP contribution in [0.15, 0.2) is 155 Å². The third kappa shape index (κ3) is 7.47. The van der Waals surface area contributed by atoms with Gasteiger partial charge in [0.1, 0.15) is 11.5 Å². The third-order valence-electron chi connectivity index (χ3n) is 17.5. The Morgan fingerprint density at radius 1 is 0.520 bits per heavy atom. The van der Waals surface area contributed by atoms with Crippen LogP contribution in [0.25, 0.3) is 32.9 Å². The van der Waals surface area contributed by atoms with E-state index in [1.165, 1.54) is 101 Å². The van der Waals surface area contributed by atoms with Gasteiger partial charge in [-0.15, -0.1) is 0 Å². The lowest BCUT2D eigenvalue weighted by Crippen LogP contribution is -2.56. The van der Waals surface area contributed by atoms with Gasteiger partial charge in [0.15, 0.2) is 0 Å². The van der Waals surface area contributed by atoms with Gasteiger partial charge in [-0.1, -0.05) is 169 Å². The first-order valence-electron chi connectivity index (χ1n) is 27.3. The Morgan fingerprint density at radius 3 is 1.77 bits per heavy atom. The minimum Gasteiger partial charge on any atom is -0.455 e. The molecular formula is C69H70BN3OS. The number of anilines is 6. The summed E-state index contributed by atoms with van der Waals surface area (Å²) in [7, 11) is 0. The average Bonchev–Trinajstić information content (AvgIpc) is 3.74. The fourth-order valence-corrected chi connectivity index (χ4v) is 13.9. The summed E-state index contributed by atoms with van der Waals surface area (Å²) in [5, 5.41) is 2.59. The van der Waals surface area contributed by atoms with E-state index in [4.69, 9.17) is 4.74 Å². The number of fused-ring (bicyclic) bond motifs is 10. The second kappa shape index (κ2) is 16.2. The fraction of sp³-hybridized carbons (Fsp3) is 0.304. The Labute approximate surface area is 450 Å². The SMILES string of the molecule is Cc1cc2c(cc1N1c3cc4c(cc3B3c5c(cc(N(c6ccc(C(C)(C)C)cc6)c6ccc(C(C)(C)C)cc6)cc51)-c1cccc5c6cc(C(C)(C)C)ccc6n3c15)Oc1ccccc1S4)C(C)(C)CCC2(C)C. The fourth-order valence-electron chi connectivity index (χ4n) is 12.9. The standard InChI is InChI=1S/C69H70BN3OS/c1-41-34-52-53(69(13,14)33-32-68(52,11)12)38-56(41)72-57-40-62-60(74-59-20-15-16-21-61(59)75-62)39-54(57)70-63-51(49-19-17-18-48-50-35-44(67(8,9)10)26-31-55(50)73(70)64(48)49)36-47(37-58(63)72)71(45-27-22-42(23-28-45)65(2,3)4)46-29-24-43(25-30-46)66(5,6)7/h15-31,34-40H,32-33H2,1-14H3. The summed E-state index contributed by atoms with van der Waals surface area (Å²) >= 11 is 1.82. The lowest BCUT2D eigenvalue weighted by molar-refractivity contribution is 0.332. The van der Waals surface area contributed by atoms with Gasteiger partial charge in [-0.25, -0.2) is 0 Å². The highest BCUT2D eigenvalue weighted by atomic mass is 32.2. The number of nitrogens with zero attached hydrogens (tertiary/aromatic N) is 3. The van der Waals surface area contributed by atoms with Gasteiger partial charge in [-0.2, -0.15) is 0 Å². The molecule has 8 aromatic carbocycles. The number of aryl methyl sites for hydroxylation is 1. The lowest BCUT2D eigenvalue weighted by atomic mass is 9.45. The van der Waals surface area contributed by atoms with Crippen LogP contribution < -0.4 is 25.5 Å². The van der Waals surface area contributed by atoms with E-state index in [1.807, 2.05) is 11.8 Å². The number of hydrogen-bond acceptors (Lipinski definition) is 4. The monoisotopic (exact) mass is 1000 g/mol. The second-order valence-electron chi connectivity index (χ2n) is 26.6. The van der Waals surface area contributed by atoms with Crippen LogP contribution >= 0.6 is 11.8 Å². The Balaban J connectivity index is 1.17. The number of ether oxygens (including phenoxy) is 1. The topological polar surface area (TPSA) is 20.6 Å². The molecule has 0 unspecified atom stereocenters. The number of para-hydroxylation sites is 2. The largest absolute Gasteiger partial charge is 0.455 e. The van der Waals surface area contributed by atoms with E-state index in [1.54, 1.807) is 0 Å². The zero-order chi connectivity index (χ0) is 52.5. The quantitative estimate of drug-likeness (QED) is 0.164. The molecule has 0 bridgehead atoms. The van der Waals surface area contributed by atoms with Crippen LogP contribution in [0.5, 0.6) is 11.5 Å². The maximum Gasteiger partial charge on any atom is 0.333 e. The summed E-state index contributed by atoms with van der Waals surface area (Å²) in [5.41, 5.74) is 22.9. The van der Waals surface area contributed by atoms with E-state index in [2.05, 4.69) is 257 Å². The maximum atomic E-state index is 6.98. The van der Waals surface area contributed by atoms with Crippen LogP contribution in [-0.4, -0.2) is 11.3 Å². The number of rotatable bonds is 4. The van der Waals surface area contributed by atoms with E-state index < -0.39 is 0 Å². The van der Waals surface area contributed by atoms with Crippen LogP contribution in [0.3, 0.4) is 0 Å². The van der Waals surface area contributed by atoms with Crippen molar-refractivity contribution in [3.05, 3.63) is 179 Å². The molecule has 1 aromatic heterocycles. The molecule has 75 heavy (non-hydrogen) atoms. The van der Waals surface area contributed by atoms with Crippen LogP contribution in [0.2, 0.25) is 0 Å². The lowest BCUT2D eigenvalue weighted by Gasteiger charge is -2.45. The van der Waals surface area contributed by atoms with Crippen molar-refractivity contribution < 1.29 is 4.74 Å². The van der Waals surface area contributed by atoms with Gasteiger partial charge < -0.3 is 19.0 Å². The molecule has 4 nitrogen and oxygen atoms in total. The van der Waals surface area contributed by atoms with Crippen molar-refractivity contribution in [2.75, 3.05) is 9.80 Å². The van der Waals surface area contributed by atoms with Crippen molar-refractivity contribution in [2.24, 2.45) is 0 Å². The number of benzene rings is 8. The zero-order valence-corrected chi connectivity index (χ0v) is 47.3. The van der Waals surface area contributed by atoms with Crippen LogP contribution in [0, 0.1) is 6.92 Å². The average molecular weight is 1000 g/mol. The molecule has 0 saturated carbocycles. The molecule has 1 aliphatic carbocycles. The van der Waals surface area contributed by atoms with E-state index in [9.17, 15) is 0 Å². The van der Waals surface area contributed by atoms with Gasteiger partial charge in [0.25, 0.3) is 0 Å². The summed E-state index contributed by atoms with van der Waals surface area (Å²) in [6.07, 6.45) is 2.31. The van der Waals surface area contributed by atoms with E-state index >= 15 is 0 Å². The summed E-state index contributed by atoms with van der Waals surface area (Å²) < 4.78 is 9.68. The van der Waals surface area contributed by atoms with Crippen molar-refractivity contribution in [1.82, 2.24) is 4.48 Å². The van der Waals surface area contributed by atoms with Crippen LogP contribution in [0.1, 0.15) is 136 Å². The predicted octanol–water partition coefficient (Wildman–Crippen LogP) is 18.5. The van der Waals surface area contributed by atoms with Crippen LogP contribution in [-0.2, 0) is 27.1 Å². The summed E-state index contributed by atoms with van der Waals surface area (Å²) in [6.45, 7) is 32.8. The minimum atomic E-state index is -0.152. The van der Waals surface area contributed by atoms with Crippen molar-refractivity contribution in [3.63, 3.8) is 0 Å². The highest BCUT2D eigenvalue weighted by Crippen LogP contribution is 2.55. The van der Waals surface area contributed by atoms with E-state index in [-0.39, 0.29) is 33.9 Å². The van der Waals surface area contributed by atoms with E-state index in [0.29, 0.717) is 0 Å². The molecule has 0 fully saturated rings. The molecule has 4 aliphatic rings. The minimum absolute atomic E-state index is 0.00866. The molecule has 9 aromatic rings. The summed E-state index contributed by atoms with van der Waals surface area (Å²) in [4.78, 5) is 7.44. The van der Waals surface area contributed by atoms with E-state index in [0.717, 1.165) is 44.8 Å². The highest BCUT2D eigenvalue weighted by molar-refractivity contribution is 7.99.